The fraction of sp³-hybridized carbons (Fsp3) is 0. The molecule has 0 aliphatic carbocycles. The average molecular weight is 299 g/mol. The molecule has 112 valence electrons. The Labute approximate surface area is 136 Å². The van der Waals surface area contributed by atoms with Crippen molar-refractivity contribution in [1.82, 2.24) is 5.43 Å². The zero-order chi connectivity index (χ0) is 15.5. The van der Waals surface area contributed by atoms with Crippen molar-refractivity contribution >= 4 is 17.1 Å². The van der Waals surface area contributed by atoms with E-state index in [1.165, 1.54) is 5.56 Å². The summed E-state index contributed by atoms with van der Waals surface area (Å²) < 4.78 is 0. The lowest BCUT2D eigenvalue weighted by Gasteiger charge is -2.33. The van der Waals surface area contributed by atoms with Crippen LogP contribution in [-0.2, 0) is 0 Å². The summed E-state index contributed by atoms with van der Waals surface area (Å²) in [5.74, 6) is 0. The fourth-order valence-corrected chi connectivity index (χ4v) is 2.75. The van der Waals surface area contributed by atoms with Crippen LogP contribution in [0, 0.1) is 0 Å². The topological polar surface area (TPSA) is 18.5 Å². The third-order valence-electron chi connectivity index (χ3n) is 3.82. The van der Waals surface area contributed by atoms with Gasteiger partial charge in [0.15, 0.2) is 0 Å². The Morgan fingerprint density at radius 2 is 1.09 bits per heavy atom. The lowest BCUT2D eigenvalue weighted by atomic mass is 10.1. The van der Waals surface area contributed by atoms with Gasteiger partial charge in [-0.2, -0.15) is 5.12 Å². The molecule has 0 aromatic heterocycles. The first-order valence-electron chi connectivity index (χ1n) is 7.65. The summed E-state index contributed by atoms with van der Waals surface area (Å²) in [5, 5.41) is 4.24. The predicted molar refractivity (Wildman–Crippen MR) is 95.4 cm³/mol. The average Bonchev–Trinajstić information content (AvgIpc) is 3.09. The maximum atomic E-state index is 3.37. The number of anilines is 2. The van der Waals surface area contributed by atoms with Crippen LogP contribution < -0.4 is 15.6 Å². The van der Waals surface area contributed by atoms with Gasteiger partial charge in [0.05, 0.1) is 17.1 Å². The third-order valence-corrected chi connectivity index (χ3v) is 3.82. The van der Waals surface area contributed by atoms with Crippen LogP contribution in [0.15, 0.2) is 97.2 Å². The van der Waals surface area contributed by atoms with Gasteiger partial charge in [-0.1, -0.05) is 66.7 Å². The van der Waals surface area contributed by atoms with E-state index in [4.69, 9.17) is 0 Å². The highest BCUT2D eigenvalue weighted by atomic mass is 15.8. The summed E-state index contributed by atoms with van der Waals surface area (Å²) >= 11 is 0. The van der Waals surface area contributed by atoms with Crippen LogP contribution in [0.1, 0.15) is 5.56 Å². The quantitative estimate of drug-likeness (QED) is 0.772. The molecule has 0 unspecified atom stereocenters. The SMILES string of the molecule is C1=C(c2ccccc2)N(c2ccccc2)N(c2ccccc2)N1. The van der Waals surface area contributed by atoms with Gasteiger partial charge >= 0.3 is 0 Å². The van der Waals surface area contributed by atoms with Crippen molar-refractivity contribution in [3.63, 3.8) is 0 Å². The van der Waals surface area contributed by atoms with Crippen molar-refractivity contribution in [1.29, 1.82) is 0 Å². The van der Waals surface area contributed by atoms with Crippen LogP contribution in [0.5, 0.6) is 0 Å². The van der Waals surface area contributed by atoms with Crippen LogP contribution in [0.2, 0.25) is 0 Å². The molecule has 1 heterocycles. The molecule has 0 fully saturated rings. The number of rotatable bonds is 3. The molecule has 23 heavy (non-hydrogen) atoms. The summed E-state index contributed by atoms with van der Waals surface area (Å²) in [6, 6.07) is 31.1. The molecule has 0 bridgehead atoms. The van der Waals surface area contributed by atoms with Gasteiger partial charge in [-0.05, 0) is 24.3 Å². The summed E-state index contributed by atoms with van der Waals surface area (Å²) in [6.45, 7) is 0. The van der Waals surface area contributed by atoms with Crippen LogP contribution >= 0.6 is 0 Å². The smallest absolute Gasteiger partial charge is 0.0900 e. The minimum Gasteiger partial charge on any atom is -0.284 e. The number of benzene rings is 3. The van der Waals surface area contributed by atoms with E-state index in [1.54, 1.807) is 0 Å². The second-order valence-electron chi connectivity index (χ2n) is 5.32. The highest BCUT2D eigenvalue weighted by Gasteiger charge is 2.26. The highest BCUT2D eigenvalue weighted by Crippen LogP contribution is 2.33. The Bertz CT molecular complexity index is 798. The van der Waals surface area contributed by atoms with E-state index in [0.717, 1.165) is 17.1 Å². The molecule has 4 rings (SSSR count). The Morgan fingerprint density at radius 3 is 1.70 bits per heavy atom. The molecule has 0 saturated heterocycles. The maximum Gasteiger partial charge on any atom is 0.0900 e. The van der Waals surface area contributed by atoms with Crippen molar-refractivity contribution in [2.75, 3.05) is 10.1 Å². The van der Waals surface area contributed by atoms with Crippen molar-refractivity contribution in [2.45, 2.75) is 0 Å². The Hall–Kier alpha value is -3.20. The second-order valence-corrected chi connectivity index (χ2v) is 5.32. The van der Waals surface area contributed by atoms with Crippen molar-refractivity contribution in [2.24, 2.45) is 0 Å². The zero-order valence-corrected chi connectivity index (χ0v) is 12.6. The van der Waals surface area contributed by atoms with Crippen LogP contribution in [0.25, 0.3) is 5.70 Å². The third kappa shape index (κ3) is 2.53. The zero-order valence-electron chi connectivity index (χ0n) is 12.6. The molecule has 1 N–H and O–H groups in total. The van der Waals surface area contributed by atoms with Crippen molar-refractivity contribution in [3.05, 3.63) is 103 Å². The monoisotopic (exact) mass is 299 g/mol. The van der Waals surface area contributed by atoms with E-state index in [0.29, 0.717) is 0 Å². The Balaban J connectivity index is 1.79. The summed E-state index contributed by atoms with van der Waals surface area (Å²) in [4.78, 5) is 0. The molecule has 3 aromatic rings. The fourth-order valence-electron chi connectivity index (χ4n) is 2.75. The molecule has 0 amide bonds. The normalized spacial score (nSPS) is 13.7. The standard InChI is InChI=1S/C20H17N3/c1-4-10-17(11-5-1)20-16-21-23(19-14-8-3-9-15-19)22(20)18-12-6-2-7-13-18/h1-16,21H. The summed E-state index contributed by atoms with van der Waals surface area (Å²) in [5.41, 5.74) is 7.84. The lowest BCUT2D eigenvalue weighted by molar-refractivity contribution is 0.795. The minimum atomic E-state index is 1.08. The van der Waals surface area contributed by atoms with Crippen LogP contribution in [-0.4, -0.2) is 0 Å². The number of hydrogen-bond acceptors (Lipinski definition) is 3. The molecule has 0 spiro atoms. The molecular weight excluding hydrogens is 282 g/mol. The van der Waals surface area contributed by atoms with Gasteiger partial charge in [-0.15, -0.1) is 0 Å². The van der Waals surface area contributed by atoms with Gasteiger partial charge in [0.25, 0.3) is 0 Å². The molecule has 3 heteroatoms. The van der Waals surface area contributed by atoms with Gasteiger partial charge in [-0.25, -0.2) is 5.01 Å². The first-order chi connectivity index (χ1) is 11.4. The van der Waals surface area contributed by atoms with E-state index >= 15 is 0 Å². The van der Waals surface area contributed by atoms with E-state index in [2.05, 4.69) is 76.2 Å². The Kier molecular flexibility index (Phi) is 3.45. The molecular formula is C20H17N3. The van der Waals surface area contributed by atoms with E-state index in [1.807, 2.05) is 36.5 Å². The molecule has 0 radical (unpaired) electrons. The lowest BCUT2D eigenvalue weighted by Crippen LogP contribution is -2.43. The number of nitrogens with one attached hydrogen (secondary N) is 1. The number of hydrazine groups is 2. The minimum absolute atomic E-state index is 1.08. The van der Waals surface area contributed by atoms with Gasteiger partial charge < -0.3 is 0 Å². The second kappa shape index (κ2) is 5.89. The molecule has 0 saturated carbocycles. The molecule has 0 atom stereocenters. The van der Waals surface area contributed by atoms with Gasteiger partial charge in [0.2, 0.25) is 0 Å². The van der Waals surface area contributed by atoms with Gasteiger partial charge in [0.1, 0.15) is 0 Å². The van der Waals surface area contributed by atoms with E-state index in [9.17, 15) is 0 Å². The van der Waals surface area contributed by atoms with Gasteiger partial charge in [0, 0.05) is 11.8 Å². The van der Waals surface area contributed by atoms with E-state index in [-0.39, 0.29) is 0 Å². The molecule has 1 aliphatic rings. The Morgan fingerprint density at radius 1 is 0.565 bits per heavy atom. The highest BCUT2D eigenvalue weighted by molar-refractivity contribution is 5.84. The number of nitrogens with zero attached hydrogens (tertiary/aromatic N) is 2. The van der Waals surface area contributed by atoms with Crippen LogP contribution in [0.4, 0.5) is 11.4 Å². The molecule has 1 aliphatic heterocycles. The first-order valence-corrected chi connectivity index (χ1v) is 7.65. The summed E-state index contributed by atoms with van der Waals surface area (Å²) in [7, 11) is 0. The largest absolute Gasteiger partial charge is 0.284 e. The molecule has 3 nitrogen and oxygen atoms in total. The number of para-hydroxylation sites is 2. The molecule has 3 aromatic carbocycles. The van der Waals surface area contributed by atoms with Crippen molar-refractivity contribution in [3.8, 4) is 0 Å². The first kappa shape index (κ1) is 13.5. The van der Waals surface area contributed by atoms with E-state index < -0.39 is 0 Å². The number of hydrogen-bond donors (Lipinski definition) is 1. The predicted octanol–water partition coefficient (Wildman–Crippen LogP) is 4.43. The van der Waals surface area contributed by atoms with Gasteiger partial charge in [-0.3, -0.25) is 5.43 Å². The van der Waals surface area contributed by atoms with Crippen molar-refractivity contribution < 1.29 is 0 Å². The summed E-state index contributed by atoms with van der Waals surface area (Å²) in [6.07, 6.45) is 2.04. The van der Waals surface area contributed by atoms with Crippen LogP contribution in [0.3, 0.4) is 0 Å². The maximum absolute atomic E-state index is 3.37.